The number of nitrogens with zero attached hydrogens (tertiary/aromatic N) is 2. The van der Waals surface area contributed by atoms with Gasteiger partial charge in [-0.05, 0) is 25.0 Å². The van der Waals surface area contributed by atoms with Gasteiger partial charge in [-0.1, -0.05) is 60.7 Å². The molecular weight excluding hydrogens is 284 g/mol. The van der Waals surface area contributed by atoms with E-state index >= 15 is 0 Å². The van der Waals surface area contributed by atoms with Crippen LogP contribution in [0.4, 0.5) is 0 Å². The van der Waals surface area contributed by atoms with Crippen molar-refractivity contribution >= 4 is 11.5 Å². The van der Waals surface area contributed by atoms with Crippen LogP contribution in [0.2, 0.25) is 0 Å². The van der Waals surface area contributed by atoms with Crippen molar-refractivity contribution in [2.75, 3.05) is 0 Å². The number of hydrogen-bond acceptors (Lipinski definition) is 3. The lowest BCUT2D eigenvalue weighted by Crippen LogP contribution is -2.18. The minimum atomic E-state index is 0.0395. The Labute approximate surface area is 136 Å². The van der Waals surface area contributed by atoms with Crippen LogP contribution in [0, 0.1) is 0 Å². The summed E-state index contributed by atoms with van der Waals surface area (Å²) in [5.41, 5.74) is 4.26. The zero-order valence-corrected chi connectivity index (χ0v) is 13.4. The van der Waals surface area contributed by atoms with Gasteiger partial charge in [0.2, 0.25) is 0 Å². The topological polar surface area (TPSA) is 32.7 Å². The maximum absolute atomic E-state index is 11.5. The van der Waals surface area contributed by atoms with Gasteiger partial charge in [-0.15, -0.1) is 0 Å². The first-order chi connectivity index (χ1) is 11.1. The molecule has 0 amide bonds. The number of allylic oxidation sites excluding steroid dienone is 2. The maximum atomic E-state index is 11.5. The van der Waals surface area contributed by atoms with Crippen LogP contribution in [0.15, 0.2) is 77.5 Å². The summed E-state index contributed by atoms with van der Waals surface area (Å²) in [6.07, 6.45) is 2.48. The van der Waals surface area contributed by atoms with E-state index in [2.05, 4.69) is 24.3 Å². The summed E-state index contributed by atoms with van der Waals surface area (Å²) in [6, 6.07) is 20.7. The van der Waals surface area contributed by atoms with Gasteiger partial charge >= 0.3 is 0 Å². The van der Waals surface area contributed by atoms with Crippen LogP contribution in [-0.2, 0) is 4.79 Å². The van der Waals surface area contributed by atoms with E-state index in [-0.39, 0.29) is 11.8 Å². The molecule has 1 atom stereocenters. The summed E-state index contributed by atoms with van der Waals surface area (Å²) in [4.78, 5) is 11.5. The number of carbonyl (C=O) groups is 1. The zero-order valence-electron chi connectivity index (χ0n) is 13.4. The van der Waals surface area contributed by atoms with E-state index in [9.17, 15) is 4.79 Å². The summed E-state index contributed by atoms with van der Waals surface area (Å²) in [7, 11) is 0. The second-order valence-corrected chi connectivity index (χ2v) is 5.78. The highest BCUT2D eigenvalue weighted by atomic mass is 16.1. The molecule has 0 bridgehead atoms. The van der Waals surface area contributed by atoms with Crippen LogP contribution in [0.1, 0.15) is 37.4 Å². The van der Waals surface area contributed by atoms with Crippen molar-refractivity contribution in [2.24, 2.45) is 5.10 Å². The third kappa shape index (κ3) is 3.39. The van der Waals surface area contributed by atoms with Gasteiger partial charge in [-0.3, -0.25) is 9.80 Å². The Kier molecular flexibility index (Phi) is 4.38. The number of benzene rings is 2. The smallest absolute Gasteiger partial charge is 0.154 e. The van der Waals surface area contributed by atoms with Crippen molar-refractivity contribution < 1.29 is 4.79 Å². The van der Waals surface area contributed by atoms with Crippen LogP contribution < -0.4 is 0 Å². The summed E-state index contributed by atoms with van der Waals surface area (Å²) in [5.74, 6) is 0.0395. The fourth-order valence-corrected chi connectivity index (χ4v) is 2.94. The van der Waals surface area contributed by atoms with Gasteiger partial charge in [0, 0.05) is 18.2 Å². The second kappa shape index (κ2) is 6.61. The monoisotopic (exact) mass is 304 g/mol. The quantitative estimate of drug-likeness (QED) is 0.788. The predicted octanol–water partition coefficient (Wildman–Crippen LogP) is 4.33. The van der Waals surface area contributed by atoms with Gasteiger partial charge in [0.1, 0.15) is 0 Å². The molecular formula is C20H20N2O. The third-order valence-corrected chi connectivity index (χ3v) is 3.98. The van der Waals surface area contributed by atoms with E-state index in [4.69, 9.17) is 5.10 Å². The molecule has 3 nitrogen and oxygen atoms in total. The largest absolute Gasteiger partial charge is 0.295 e. The Morgan fingerprint density at radius 1 is 1.04 bits per heavy atom. The Morgan fingerprint density at radius 3 is 2.26 bits per heavy atom. The molecule has 2 aromatic rings. The van der Waals surface area contributed by atoms with E-state index in [1.165, 1.54) is 5.56 Å². The molecule has 0 radical (unpaired) electrons. The summed E-state index contributed by atoms with van der Waals surface area (Å²) >= 11 is 0. The lowest BCUT2D eigenvalue weighted by Gasteiger charge is -2.24. The molecule has 116 valence electrons. The van der Waals surface area contributed by atoms with Crippen molar-refractivity contribution in [1.82, 2.24) is 5.01 Å². The highest BCUT2D eigenvalue weighted by Gasteiger charge is 2.29. The van der Waals surface area contributed by atoms with Gasteiger partial charge in [-0.25, -0.2) is 0 Å². The van der Waals surface area contributed by atoms with E-state index < -0.39 is 0 Å². The number of carbonyl (C=O) groups excluding carboxylic acids is 1. The first-order valence-electron chi connectivity index (χ1n) is 7.81. The lowest BCUT2D eigenvalue weighted by atomic mass is 9.98. The van der Waals surface area contributed by atoms with E-state index in [0.717, 1.165) is 23.4 Å². The van der Waals surface area contributed by atoms with Gasteiger partial charge < -0.3 is 0 Å². The van der Waals surface area contributed by atoms with Crippen molar-refractivity contribution in [3.8, 4) is 0 Å². The first kappa shape index (κ1) is 15.2. The van der Waals surface area contributed by atoms with Crippen molar-refractivity contribution in [3.05, 3.63) is 83.6 Å². The molecule has 0 saturated carbocycles. The molecule has 3 rings (SSSR count). The standard InChI is InChI=1S/C20H20N2O/c1-15(13-16(2)23)22-20(18-11-7-4-8-12-18)14-19(21-22)17-9-5-3-6-10-17/h3-13,20H,14H2,1-2H3/t20-/m1/s1. The van der Waals surface area contributed by atoms with Gasteiger partial charge in [-0.2, -0.15) is 5.10 Å². The average Bonchev–Trinajstić information content (AvgIpc) is 3.01. The summed E-state index contributed by atoms with van der Waals surface area (Å²) < 4.78 is 0. The fourth-order valence-electron chi connectivity index (χ4n) is 2.94. The summed E-state index contributed by atoms with van der Waals surface area (Å²) in [6.45, 7) is 3.51. The maximum Gasteiger partial charge on any atom is 0.154 e. The Morgan fingerprint density at radius 2 is 1.65 bits per heavy atom. The molecule has 1 heterocycles. The SMILES string of the molecule is CC(=O)C=C(C)N1N=C(c2ccccc2)C[C@@H]1c1ccccc1. The molecule has 0 aliphatic carbocycles. The Balaban J connectivity index is 1.98. The van der Waals surface area contributed by atoms with E-state index in [1.807, 2.05) is 48.3 Å². The molecule has 2 aromatic carbocycles. The van der Waals surface area contributed by atoms with E-state index in [1.54, 1.807) is 13.0 Å². The number of hydrogen-bond donors (Lipinski definition) is 0. The van der Waals surface area contributed by atoms with Crippen molar-refractivity contribution in [2.45, 2.75) is 26.3 Å². The van der Waals surface area contributed by atoms with Crippen molar-refractivity contribution in [1.29, 1.82) is 0 Å². The molecule has 3 heteroatoms. The molecule has 0 spiro atoms. The van der Waals surface area contributed by atoms with Crippen LogP contribution in [0.25, 0.3) is 0 Å². The molecule has 0 fully saturated rings. The number of hydrazone groups is 1. The van der Waals surface area contributed by atoms with Gasteiger partial charge in [0.05, 0.1) is 11.8 Å². The minimum Gasteiger partial charge on any atom is -0.295 e. The highest BCUT2D eigenvalue weighted by Crippen LogP contribution is 2.35. The Bertz CT molecular complexity index is 748. The zero-order chi connectivity index (χ0) is 16.2. The normalized spacial score (nSPS) is 18.0. The van der Waals surface area contributed by atoms with Gasteiger partial charge in [0.25, 0.3) is 0 Å². The molecule has 23 heavy (non-hydrogen) atoms. The molecule has 1 aliphatic rings. The molecule has 0 saturated heterocycles. The predicted molar refractivity (Wildman–Crippen MR) is 93.1 cm³/mol. The van der Waals surface area contributed by atoms with Crippen LogP contribution in [0.5, 0.6) is 0 Å². The van der Waals surface area contributed by atoms with E-state index in [0.29, 0.717) is 0 Å². The second-order valence-electron chi connectivity index (χ2n) is 5.78. The summed E-state index contributed by atoms with van der Waals surface area (Å²) in [5, 5.41) is 6.77. The minimum absolute atomic E-state index is 0.0395. The average molecular weight is 304 g/mol. The fraction of sp³-hybridized carbons (Fsp3) is 0.200. The van der Waals surface area contributed by atoms with Crippen LogP contribution in [0.3, 0.4) is 0 Å². The van der Waals surface area contributed by atoms with Crippen molar-refractivity contribution in [3.63, 3.8) is 0 Å². The molecule has 0 aromatic heterocycles. The number of ketones is 1. The van der Waals surface area contributed by atoms with Gasteiger partial charge in [0.15, 0.2) is 5.78 Å². The van der Waals surface area contributed by atoms with Crippen LogP contribution in [-0.4, -0.2) is 16.5 Å². The molecule has 0 N–H and O–H groups in total. The lowest BCUT2D eigenvalue weighted by molar-refractivity contribution is -0.112. The molecule has 1 aliphatic heterocycles. The Hall–Kier alpha value is -2.68. The van der Waals surface area contributed by atoms with Crippen LogP contribution >= 0.6 is 0 Å². The third-order valence-electron chi connectivity index (χ3n) is 3.98. The first-order valence-corrected chi connectivity index (χ1v) is 7.81. The highest BCUT2D eigenvalue weighted by molar-refractivity contribution is 6.02. The number of rotatable bonds is 4. The molecule has 0 unspecified atom stereocenters.